The van der Waals surface area contributed by atoms with E-state index >= 15 is 0 Å². The molecule has 0 saturated heterocycles. The Morgan fingerprint density at radius 1 is 0.909 bits per heavy atom. The summed E-state index contributed by atoms with van der Waals surface area (Å²) in [6, 6.07) is 21.9. The van der Waals surface area contributed by atoms with Crippen molar-refractivity contribution in [1.82, 2.24) is 0 Å². The van der Waals surface area contributed by atoms with Gasteiger partial charge in [0, 0.05) is 5.56 Å². The number of ether oxygens (including phenoxy) is 1. The molecule has 0 N–H and O–H groups in total. The third kappa shape index (κ3) is 3.07. The van der Waals surface area contributed by atoms with E-state index in [4.69, 9.17) is 4.74 Å². The summed E-state index contributed by atoms with van der Waals surface area (Å²) in [7, 11) is 0. The predicted molar refractivity (Wildman–Crippen MR) is 89.1 cm³/mol. The maximum atomic E-state index is 12.5. The van der Waals surface area contributed by atoms with Crippen LogP contribution in [0.5, 0.6) is 0 Å². The summed E-state index contributed by atoms with van der Waals surface area (Å²) in [4.78, 5) is 12.5. The van der Waals surface area contributed by atoms with E-state index < -0.39 is 0 Å². The second-order valence-electron chi connectivity index (χ2n) is 5.38. The van der Waals surface area contributed by atoms with Gasteiger partial charge >= 0.3 is 0 Å². The smallest absolute Gasteiger partial charge is 0.189 e. The number of carbonyl (C=O) groups is 1. The van der Waals surface area contributed by atoms with Crippen molar-refractivity contribution in [3.05, 3.63) is 83.4 Å². The molecule has 22 heavy (non-hydrogen) atoms. The molecule has 2 nitrogen and oxygen atoms in total. The Labute approximate surface area is 130 Å². The summed E-state index contributed by atoms with van der Waals surface area (Å²) in [6.45, 7) is 2.52. The zero-order valence-electron chi connectivity index (χ0n) is 12.6. The molecule has 0 fully saturated rings. The van der Waals surface area contributed by atoms with Crippen LogP contribution >= 0.6 is 0 Å². The quantitative estimate of drug-likeness (QED) is 0.644. The van der Waals surface area contributed by atoms with Crippen LogP contribution < -0.4 is 0 Å². The second kappa shape index (κ2) is 6.54. The molecule has 0 aromatic heterocycles. The Hall–Kier alpha value is -2.45. The molecule has 0 aliphatic rings. The summed E-state index contributed by atoms with van der Waals surface area (Å²) >= 11 is 0. The normalized spacial score (nSPS) is 10.8. The van der Waals surface area contributed by atoms with E-state index in [2.05, 4.69) is 0 Å². The number of aryl methyl sites for hydroxylation is 1. The van der Waals surface area contributed by atoms with E-state index in [0.29, 0.717) is 6.61 Å². The fraction of sp³-hybridized carbons (Fsp3) is 0.150. The third-order valence-corrected chi connectivity index (χ3v) is 3.76. The Morgan fingerprint density at radius 3 is 2.45 bits per heavy atom. The van der Waals surface area contributed by atoms with Crippen LogP contribution in [0.25, 0.3) is 10.8 Å². The summed E-state index contributed by atoms with van der Waals surface area (Å²) in [5, 5.41) is 2.08. The minimum atomic E-state index is 0.0326. The molecule has 0 unspecified atom stereocenters. The number of Topliss-reactive ketones (excluding diaryl/α,β-unsaturated/α-hetero) is 1. The molecule has 110 valence electrons. The summed E-state index contributed by atoms with van der Waals surface area (Å²) < 4.78 is 5.59. The first kappa shape index (κ1) is 14.5. The molecule has 2 heteroatoms. The molecule has 0 bridgehead atoms. The molecule has 0 amide bonds. The molecule has 0 heterocycles. The number of carbonyl (C=O) groups excluding carboxylic acids is 1. The van der Waals surface area contributed by atoms with Gasteiger partial charge in [0.1, 0.15) is 6.61 Å². The lowest BCUT2D eigenvalue weighted by atomic mass is 9.97. The number of benzene rings is 3. The van der Waals surface area contributed by atoms with Crippen molar-refractivity contribution in [2.45, 2.75) is 13.5 Å². The lowest BCUT2D eigenvalue weighted by Gasteiger charge is -2.10. The average molecular weight is 290 g/mol. The number of rotatable bonds is 5. The summed E-state index contributed by atoms with van der Waals surface area (Å²) in [5.41, 5.74) is 2.84. The highest BCUT2D eigenvalue weighted by Gasteiger charge is 2.13. The summed E-state index contributed by atoms with van der Waals surface area (Å²) in [5.74, 6) is 0.0326. The molecule has 3 rings (SSSR count). The van der Waals surface area contributed by atoms with Gasteiger partial charge in [0.05, 0.1) is 6.61 Å². The molecule has 3 aromatic carbocycles. The molecule has 0 saturated carbocycles. The molecular weight excluding hydrogens is 272 g/mol. The van der Waals surface area contributed by atoms with Crippen molar-refractivity contribution >= 4 is 16.6 Å². The number of fused-ring (bicyclic) bond motifs is 1. The van der Waals surface area contributed by atoms with Crippen LogP contribution in [0.2, 0.25) is 0 Å². The Bertz CT molecular complexity index is 791. The van der Waals surface area contributed by atoms with Crippen molar-refractivity contribution in [2.75, 3.05) is 6.61 Å². The van der Waals surface area contributed by atoms with Gasteiger partial charge in [0.2, 0.25) is 0 Å². The monoisotopic (exact) mass is 290 g/mol. The van der Waals surface area contributed by atoms with Crippen LogP contribution in [0.1, 0.15) is 21.5 Å². The van der Waals surface area contributed by atoms with E-state index in [1.807, 2.05) is 73.7 Å². The molecule has 0 aliphatic carbocycles. The van der Waals surface area contributed by atoms with Gasteiger partial charge in [-0.15, -0.1) is 0 Å². The van der Waals surface area contributed by atoms with Gasteiger partial charge < -0.3 is 4.74 Å². The van der Waals surface area contributed by atoms with E-state index in [9.17, 15) is 4.79 Å². The maximum Gasteiger partial charge on any atom is 0.189 e. The number of hydrogen-bond donors (Lipinski definition) is 0. The highest BCUT2D eigenvalue weighted by atomic mass is 16.5. The van der Waals surface area contributed by atoms with Crippen molar-refractivity contribution in [1.29, 1.82) is 0 Å². The van der Waals surface area contributed by atoms with Gasteiger partial charge in [-0.1, -0.05) is 66.7 Å². The van der Waals surface area contributed by atoms with Crippen LogP contribution in [-0.4, -0.2) is 12.4 Å². The van der Waals surface area contributed by atoms with Crippen LogP contribution in [0.3, 0.4) is 0 Å². The van der Waals surface area contributed by atoms with Gasteiger partial charge in [-0.3, -0.25) is 4.79 Å². The zero-order chi connectivity index (χ0) is 15.4. The van der Waals surface area contributed by atoms with E-state index in [1.165, 1.54) is 0 Å². The topological polar surface area (TPSA) is 26.3 Å². The standard InChI is InChI=1S/C20H18O2/c1-15-11-12-17-9-5-6-10-18(17)20(15)19(21)14-22-13-16-7-3-2-4-8-16/h2-12H,13-14H2,1H3. The molecule has 0 aliphatic heterocycles. The fourth-order valence-electron chi connectivity index (χ4n) is 2.66. The highest BCUT2D eigenvalue weighted by Crippen LogP contribution is 2.22. The molecule has 0 radical (unpaired) electrons. The van der Waals surface area contributed by atoms with Gasteiger partial charge in [-0.2, -0.15) is 0 Å². The first-order chi connectivity index (χ1) is 10.8. The Kier molecular flexibility index (Phi) is 4.31. The number of hydrogen-bond acceptors (Lipinski definition) is 2. The van der Waals surface area contributed by atoms with Crippen LogP contribution in [-0.2, 0) is 11.3 Å². The van der Waals surface area contributed by atoms with Gasteiger partial charge in [0.25, 0.3) is 0 Å². The summed E-state index contributed by atoms with van der Waals surface area (Å²) in [6.07, 6.45) is 0. The fourth-order valence-corrected chi connectivity index (χ4v) is 2.66. The predicted octanol–water partition coefficient (Wildman–Crippen LogP) is 4.55. The van der Waals surface area contributed by atoms with E-state index in [1.54, 1.807) is 0 Å². The van der Waals surface area contributed by atoms with Crippen molar-refractivity contribution in [3.8, 4) is 0 Å². The lowest BCUT2D eigenvalue weighted by molar-refractivity contribution is 0.0727. The maximum absolute atomic E-state index is 12.5. The Morgan fingerprint density at radius 2 is 1.64 bits per heavy atom. The van der Waals surface area contributed by atoms with Crippen molar-refractivity contribution in [2.24, 2.45) is 0 Å². The molecule has 0 atom stereocenters. The van der Waals surface area contributed by atoms with Gasteiger partial charge in [-0.25, -0.2) is 0 Å². The van der Waals surface area contributed by atoms with E-state index in [0.717, 1.165) is 27.5 Å². The SMILES string of the molecule is Cc1ccc2ccccc2c1C(=O)COCc1ccccc1. The van der Waals surface area contributed by atoms with Gasteiger partial charge in [0.15, 0.2) is 5.78 Å². The molecular formula is C20H18O2. The minimum Gasteiger partial charge on any atom is -0.369 e. The largest absolute Gasteiger partial charge is 0.369 e. The lowest BCUT2D eigenvalue weighted by Crippen LogP contribution is -2.11. The molecule has 3 aromatic rings. The average Bonchev–Trinajstić information content (AvgIpc) is 2.55. The van der Waals surface area contributed by atoms with Crippen LogP contribution in [0.15, 0.2) is 66.7 Å². The minimum absolute atomic E-state index is 0.0326. The molecule has 0 spiro atoms. The van der Waals surface area contributed by atoms with Crippen molar-refractivity contribution in [3.63, 3.8) is 0 Å². The van der Waals surface area contributed by atoms with Gasteiger partial charge in [-0.05, 0) is 28.8 Å². The van der Waals surface area contributed by atoms with Crippen LogP contribution in [0, 0.1) is 6.92 Å². The Balaban J connectivity index is 1.76. The second-order valence-corrected chi connectivity index (χ2v) is 5.38. The zero-order valence-corrected chi connectivity index (χ0v) is 12.6. The third-order valence-electron chi connectivity index (χ3n) is 3.76. The first-order valence-electron chi connectivity index (χ1n) is 7.39. The first-order valence-corrected chi connectivity index (χ1v) is 7.39. The van der Waals surface area contributed by atoms with Crippen molar-refractivity contribution < 1.29 is 9.53 Å². The number of ketones is 1. The van der Waals surface area contributed by atoms with E-state index in [-0.39, 0.29) is 12.4 Å². The highest BCUT2D eigenvalue weighted by molar-refractivity contribution is 6.09. The van der Waals surface area contributed by atoms with Crippen LogP contribution in [0.4, 0.5) is 0 Å².